The fraction of sp³-hybridized carbons (Fsp3) is 1.00. The van der Waals surface area contributed by atoms with Crippen LogP contribution in [0.5, 0.6) is 0 Å². The van der Waals surface area contributed by atoms with Crippen LogP contribution < -0.4 is 0 Å². The summed E-state index contributed by atoms with van der Waals surface area (Å²) in [5, 5.41) is 0. The summed E-state index contributed by atoms with van der Waals surface area (Å²) in [6, 6.07) is 0. The van der Waals surface area contributed by atoms with Gasteiger partial charge in [0.05, 0.1) is 0 Å². The number of hydrogen-bond donors (Lipinski definition) is 0. The zero-order valence-corrected chi connectivity index (χ0v) is 12.4. The SMILES string of the molecule is CC(C)(C)CC(C)(C)CC(C)(C)I. The zero-order valence-electron chi connectivity index (χ0n) is 10.3. The summed E-state index contributed by atoms with van der Waals surface area (Å²) in [5.74, 6) is 0. The lowest BCUT2D eigenvalue weighted by molar-refractivity contribution is 0.189. The second-order valence-corrected chi connectivity index (χ2v) is 9.72. The van der Waals surface area contributed by atoms with E-state index in [-0.39, 0.29) is 0 Å². The van der Waals surface area contributed by atoms with Gasteiger partial charge < -0.3 is 0 Å². The van der Waals surface area contributed by atoms with Gasteiger partial charge in [0.1, 0.15) is 0 Å². The van der Waals surface area contributed by atoms with Gasteiger partial charge in [-0.2, -0.15) is 0 Å². The first-order valence-corrected chi connectivity index (χ1v) is 6.18. The Hall–Kier alpha value is 0.730. The molecule has 0 heterocycles. The summed E-state index contributed by atoms with van der Waals surface area (Å²) in [6.07, 6.45) is 2.59. The van der Waals surface area contributed by atoms with Gasteiger partial charge in [0.25, 0.3) is 0 Å². The number of alkyl halides is 1. The number of halogens is 1. The molecule has 0 saturated carbocycles. The van der Waals surface area contributed by atoms with E-state index in [1.807, 2.05) is 0 Å². The average Bonchev–Trinajstić information content (AvgIpc) is 1.43. The van der Waals surface area contributed by atoms with Crippen molar-refractivity contribution in [3.05, 3.63) is 0 Å². The first-order chi connectivity index (χ1) is 5.41. The quantitative estimate of drug-likeness (QED) is 0.505. The molecule has 13 heavy (non-hydrogen) atoms. The lowest BCUT2D eigenvalue weighted by Crippen LogP contribution is -2.27. The van der Waals surface area contributed by atoms with Gasteiger partial charge in [-0.1, -0.05) is 71.1 Å². The van der Waals surface area contributed by atoms with Gasteiger partial charge in [0.15, 0.2) is 0 Å². The Morgan fingerprint density at radius 3 is 1.38 bits per heavy atom. The lowest BCUT2D eigenvalue weighted by Gasteiger charge is -2.36. The highest BCUT2D eigenvalue weighted by molar-refractivity contribution is 14.1. The third-order valence-electron chi connectivity index (χ3n) is 1.91. The first-order valence-electron chi connectivity index (χ1n) is 5.10. The summed E-state index contributed by atoms with van der Waals surface area (Å²) < 4.78 is 0.423. The Labute approximate surface area is 98.0 Å². The van der Waals surface area contributed by atoms with Crippen LogP contribution in [0.2, 0.25) is 0 Å². The highest BCUT2D eigenvalue weighted by atomic mass is 127. The van der Waals surface area contributed by atoms with E-state index in [0.717, 1.165) is 0 Å². The molecule has 0 aliphatic rings. The Morgan fingerprint density at radius 1 is 0.769 bits per heavy atom. The highest BCUT2D eigenvalue weighted by Crippen LogP contribution is 2.41. The summed E-state index contributed by atoms with van der Waals surface area (Å²) in [7, 11) is 0. The van der Waals surface area contributed by atoms with Crippen LogP contribution in [0.3, 0.4) is 0 Å². The van der Waals surface area contributed by atoms with E-state index in [4.69, 9.17) is 0 Å². The van der Waals surface area contributed by atoms with Crippen LogP contribution >= 0.6 is 22.6 Å². The van der Waals surface area contributed by atoms with Crippen molar-refractivity contribution in [2.24, 2.45) is 10.8 Å². The molecular formula is C12H25I. The molecule has 0 amide bonds. The molecule has 0 aromatic heterocycles. The van der Waals surface area contributed by atoms with Crippen LogP contribution in [0, 0.1) is 10.8 Å². The van der Waals surface area contributed by atoms with Crippen molar-refractivity contribution in [3.8, 4) is 0 Å². The maximum Gasteiger partial charge on any atom is 0.0171 e. The van der Waals surface area contributed by atoms with E-state index >= 15 is 0 Å². The second-order valence-electron chi connectivity index (χ2n) is 6.80. The molecule has 0 aliphatic carbocycles. The van der Waals surface area contributed by atoms with Gasteiger partial charge in [-0.15, -0.1) is 0 Å². The molecule has 0 N–H and O–H groups in total. The van der Waals surface area contributed by atoms with Crippen molar-refractivity contribution in [2.45, 2.75) is 64.7 Å². The van der Waals surface area contributed by atoms with Crippen LogP contribution in [-0.4, -0.2) is 3.42 Å². The van der Waals surface area contributed by atoms with Crippen LogP contribution in [0.15, 0.2) is 0 Å². The predicted molar refractivity (Wildman–Crippen MR) is 70.6 cm³/mol. The Morgan fingerprint density at radius 2 is 1.15 bits per heavy atom. The molecule has 0 aliphatic heterocycles. The largest absolute Gasteiger partial charge is 0.0795 e. The van der Waals surface area contributed by atoms with Crippen molar-refractivity contribution in [1.29, 1.82) is 0 Å². The summed E-state index contributed by atoms with van der Waals surface area (Å²) in [5.41, 5.74) is 0.911. The molecule has 0 atom stereocenters. The summed E-state index contributed by atoms with van der Waals surface area (Å²) >= 11 is 2.55. The van der Waals surface area contributed by atoms with E-state index in [1.54, 1.807) is 0 Å². The van der Waals surface area contributed by atoms with Crippen LogP contribution in [-0.2, 0) is 0 Å². The zero-order chi connectivity index (χ0) is 10.9. The van der Waals surface area contributed by atoms with Crippen molar-refractivity contribution in [1.82, 2.24) is 0 Å². The minimum absolute atomic E-state index is 0.423. The van der Waals surface area contributed by atoms with Crippen molar-refractivity contribution >= 4 is 22.6 Å². The normalized spacial score (nSPS) is 14.8. The van der Waals surface area contributed by atoms with Crippen molar-refractivity contribution in [3.63, 3.8) is 0 Å². The Balaban J connectivity index is 4.25. The van der Waals surface area contributed by atoms with Gasteiger partial charge in [0, 0.05) is 3.42 Å². The van der Waals surface area contributed by atoms with E-state index < -0.39 is 0 Å². The molecule has 1 heteroatoms. The first kappa shape index (κ1) is 13.7. The highest BCUT2D eigenvalue weighted by Gasteiger charge is 2.30. The van der Waals surface area contributed by atoms with Gasteiger partial charge >= 0.3 is 0 Å². The van der Waals surface area contributed by atoms with Gasteiger partial charge in [0.2, 0.25) is 0 Å². The molecule has 0 nitrogen and oxygen atoms in total. The molecule has 0 spiro atoms. The molecule has 0 aromatic rings. The molecule has 0 aromatic carbocycles. The Bertz CT molecular complexity index is 137. The smallest absolute Gasteiger partial charge is 0.0171 e. The van der Waals surface area contributed by atoms with Crippen molar-refractivity contribution < 1.29 is 0 Å². The number of rotatable bonds is 3. The predicted octanol–water partition coefficient (Wildman–Crippen LogP) is 5.05. The molecule has 0 bridgehead atoms. The summed E-state index contributed by atoms with van der Waals surface area (Å²) in [6.45, 7) is 16.4. The van der Waals surface area contributed by atoms with Crippen LogP contribution in [0.1, 0.15) is 61.3 Å². The molecule has 0 fully saturated rings. The maximum absolute atomic E-state index is 2.55. The standard InChI is InChI=1S/C12H25I/c1-10(2,3)8-11(4,5)9-12(6,7)13/h8-9H2,1-7H3. The minimum Gasteiger partial charge on any atom is -0.0795 e. The van der Waals surface area contributed by atoms with Gasteiger partial charge in [-0.3, -0.25) is 0 Å². The maximum atomic E-state index is 2.55. The van der Waals surface area contributed by atoms with E-state index in [2.05, 4.69) is 71.1 Å². The fourth-order valence-corrected chi connectivity index (χ4v) is 3.67. The number of hydrogen-bond acceptors (Lipinski definition) is 0. The molecule has 80 valence electrons. The molecule has 0 saturated heterocycles. The molecular weight excluding hydrogens is 271 g/mol. The third-order valence-corrected chi connectivity index (χ3v) is 2.29. The second kappa shape index (κ2) is 4.08. The van der Waals surface area contributed by atoms with E-state index in [1.165, 1.54) is 12.8 Å². The molecule has 0 rings (SSSR count). The molecule has 0 unspecified atom stereocenters. The fourth-order valence-electron chi connectivity index (χ4n) is 2.64. The van der Waals surface area contributed by atoms with Gasteiger partial charge in [-0.05, 0) is 23.7 Å². The van der Waals surface area contributed by atoms with E-state index in [0.29, 0.717) is 14.3 Å². The minimum atomic E-state index is 0.423. The lowest BCUT2D eigenvalue weighted by atomic mass is 9.72. The topological polar surface area (TPSA) is 0 Å². The summed E-state index contributed by atoms with van der Waals surface area (Å²) in [4.78, 5) is 0. The van der Waals surface area contributed by atoms with Gasteiger partial charge in [-0.25, -0.2) is 0 Å². The van der Waals surface area contributed by atoms with Crippen molar-refractivity contribution in [2.75, 3.05) is 0 Å². The van der Waals surface area contributed by atoms with Crippen LogP contribution in [0.4, 0.5) is 0 Å². The van der Waals surface area contributed by atoms with E-state index in [9.17, 15) is 0 Å². The average molecular weight is 296 g/mol. The van der Waals surface area contributed by atoms with Crippen LogP contribution in [0.25, 0.3) is 0 Å². The molecule has 0 radical (unpaired) electrons. The monoisotopic (exact) mass is 296 g/mol. The third kappa shape index (κ3) is 9.04. The Kier molecular flexibility index (Phi) is 4.30.